The number of rotatable bonds is 9. The van der Waals surface area contributed by atoms with Gasteiger partial charge in [-0.25, -0.2) is 15.0 Å². The van der Waals surface area contributed by atoms with Gasteiger partial charge in [0.05, 0.1) is 40.5 Å². The fourth-order valence-electron chi connectivity index (χ4n) is 7.43. The highest BCUT2D eigenvalue weighted by atomic mass is 16.2. The number of nitrogens with one attached hydrogen (secondary N) is 1. The molecule has 0 saturated carbocycles. The Morgan fingerprint density at radius 1 is 0.545 bits per heavy atom. The molecular weight excluding hydrogens is 540 g/mol. The second-order valence-electron chi connectivity index (χ2n) is 11.5. The number of nitrogens with zero attached hydrogens (tertiary/aromatic N) is 3. The Hall–Kier alpha value is -3.99. The molecule has 0 aromatic carbocycles. The number of fused-ring (bicyclic) bond motifs is 5. The zero-order valence-corrected chi connectivity index (χ0v) is 27.9. The van der Waals surface area contributed by atoms with Crippen LogP contribution in [0.4, 0.5) is 0 Å². The van der Waals surface area contributed by atoms with Crippen molar-refractivity contribution in [2.45, 2.75) is 107 Å². The van der Waals surface area contributed by atoms with E-state index < -0.39 is 0 Å². The highest BCUT2D eigenvalue weighted by Gasteiger charge is 2.32. The van der Waals surface area contributed by atoms with E-state index in [1.54, 1.807) is 6.08 Å². The maximum atomic E-state index is 9.77. The third kappa shape index (κ3) is 5.21. The maximum Gasteiger partial charge on any atom is 0.0791 e. The Balaban J connectivity index is 1.93. The average molecular weight is 589 g/mol. The smallest absolute Gasteiger partial charge is 0.0791 e. The van der Waals surface area contributed by atoms with Crippen LogP contribution in [-0.4, -0.2) is 27.2 Å². The summed E-state index contributed by atoms with van der Waals surface area (Å²) in [6.45, 7) is 17.8. The maximum absolute atomic E-state index is 9.77. The summed E-state index contributed by atoms with van der Waals surface area (Å²) in [6, 6.07) is 0. The lowest BCUT2D eigenvalue weighted by atomic mass is 9.88. The molecule has 5 nitrogen and oxygen atoms in total. The molecule has 0 spiro atoms. The quantitative estimate of drug-likeness (QED) is 0.277. The molecule has 4 aliphatic heterocycles. The molecule has 0 amide bonds. The summed E-state index contributed by atoms with van der Waals surface area (Å²) in [7, 11) is 0. The van der Waals surface area contributed by atoms with Gasteiger partial charge in [-0.3, -0.25) is 0 Å². The van der Waals surface area contributed by atoms with E-state index in [0.29, 0.717) is 0 Å². The SMILES string of the molecule is CCC1=C(CC)C2=NC1=Cc1[nH]c(c(CC)c1CC)C=C1N=C(C(CC)=C1CC)/C(=C/C=C/O)C1=NC(=C2)C(CC)=C1CC. The van der Waals surface area contributed by atoms with Gasteiger partial charge in [0.15, 0.2) is 0 Å². The molecule has 0 radical (unpaired) electrons. The molecule has 0 aliphatic carbocycles. The zero-order valence-electron chi connectivity index (χ0n) is 27.9. The summed E-state index contributed by atoms with van der Waals surface area (Å²) in [4.78, 5) is 19.9. The monoisotopic (exact) mass is 588 g/mol. The molecule has 0 saturated heterocycles. The summed E-state index contributed by atoms with van der Waals surface area (Å²) >= 11 is 0. The first kappa shape index (κ1) is 31.4. The minimum Gasteiger partial charge on any atom is -0.516 e. The molecule has 5 heterocycles. The van der Waals surface area contributed by atoms with Crippen LogP contribution >= 0.6 is 0 Å². The van der Waals surface area contributed by atoms with Crippen molar-refractivity contribution in [1.82, 2.24) is 4.98 Å². The molecule has 5 heteroatoms. The molecule has 44 heavy (non-hydrogen) atoms. The van der Waals surface area contributed by atoms with Crippen molar-refractivity contribution in [2.24, 2.45) is 15.0 Å². The summed E-state index contributed by atoms with van der Waals surface area (Å²) < 4.78 is 0. The lowest BCUT2D eigenvalue weighted by Crippen LogP contribution is -2.15. The fraction of sp³-hybridized carbons (Fsp3) is 0.410. The van der Waals surface area contributed by atoms with Gasteiger partial charge in [0.1, 0.15) is 0 Å². The van der Waals surface area contributed by atoms with Crippen LogP contribution < -0.4 is 0 Å². The predicted octanol–water partition coefficient (Wildman–Crippen LogP) is 10.4. The molecule has 8 bridgehead atoms. The molecule has 0 unspecified atom stereocenters. The molecule has 1 aromatic rings. The fourth-order valence-corrected chi connectivity index (χ4v) is 7.43. The highest BCUT2D eigenvalue weighted by Crippen LogP contribution is 2.41. The van der Waals surface area contributed by atoms with Crippen LogP contribution in [-0.2, 0) is 12.8 Å². The topological polar surface area (TPSA) is 73.1 Å². The Morgan fingerprint density at radius 3 is 1.41 bits per heavy atom. The number of hydrogen-bond donors (Lipinski definition) is 2. The lowest BCUT2D eigenvalue weighted by molar-refractivity contribution is 0.473. The molecule has 2 N–H and O–H groups in total. The second kappa shape index (κ2) is 13.3. The van der Waals surface area contributed by atoms with E-state index in [1.165, 1.54) is 44.6 Å². The van der Waals surface area contributed by atoms with Crippen LogP contribution in [0.3, 0.4) is 0 Å². The van der Waals surface area contributed by atoms with Crippen LogP contribution in [0.25, 0.3) is 12.2 Å². The second-order valence-corrected chi connectivity index (χ2v) is 11.5. The third-order valence-corrected chi connectivity index (χ3v) is 9.41. The van der Waals surface area contributed by atoms with E-state index in [9.17, 15) is 5.11 Å². The number of allylic oxidation sites excluding steroid dienone is 10. The van der Waals surface area contributed by atoms with Crippen LogP contribution in [0, 0.1) is 0 Å². The molecule has 5 rings (SSSR count). The number of aliphatic hydroxyl groups excluding tert-OH is 1. The molecule has 0 fully saturated rings. The number of aromatic amines is 1. The number of aliphatic hydroxyl groups is 1. The van der Waals surface area contributed by atoms with Crippen molar-refractivity contribution in [3.8, 4) is 0 Å². The molecular formula is C39H48N4O. The third-order valence-electron chi connectivity index (χ3n) is 9.41. The van der Waals surface area contributed by atoms with Crippen molar-refractivity contribution in [1.29, 1.82) is 0 Å². The number of hydrogen-bond acceptors (Lipinski definition) is 4. The van der Waals surface area contributed by atoms with E-state index in [2.05, 4.69) is 78.6 Å². The molecule has 4 aliphatic rings. The van der Waals surface area contributed by atoms with Crippen molar-refractivity contribution in [3.63, 3.8) is 0 Å². The first-order chi connectivity index (χ1) is 21.4. The van der Waals surface area contributed by atoms with E-state index in [0.717, 1.165) is 109 Å². The number of aromatic nitrogens is 1. The van der Waals surface area contributed by atoms with Crippen molar-refractivity contribution in [2.75, 3.05) is 0 Å². The minimum absolute atomic E-state index is 0.861. The van der Waals surface area contributed by atoms with Gasteiger partial charge in [0.2, 0.25) is 0 Å². The van der Waals surface area contributed by atoms with E-state index in [-0.39, 0.29) is 0 Å². The van der Waals surface area contributed by atoms with Gasteiger partial charge in [-0.1, -0.05) is 55.4 Å². The average Bonchev–Trinajstić information content (AvgIpc) is 3.76. The molecule has 0 atom stereocenters. The first-order valence-electron chi connectivity index (χ1n) is 16.8. The van der Waals surface area contributed by atoms with Crippen LogP contribution in [0.1, 0.15) is 116 Å². The number of aliphatic imine (C=N–C) groups is 3. The summed E-state index contributed by atoms with van der Waals surface area (Å²) in [5.41, 5.74) is 19.6. The van der Waals surface area contributed by atoms with E-state index >= 15 is 0 Å². The Labute approximate surface area is 263 Å². The van der Waals surface area contributed by atoms with Gasteiger partial charge < -0.3 is 10.1 Å². The molecule has 1 aromatic heterocycles. The van der Waals surface area contributed by atoms with Crippen molar-refractivity contribution in [3.05, 3.63) is 103 Å². The minimum atomic E-state index is 0.861. The predicted molar refractivity (Wildman–Crippen MR) is 189 cm³/mol. The molecule has 230 valence electrons. The van der Waals surface area contributed by atoms with Crippen molar-refractivity contribution >= 4 is 29.3 Å². The Kier molecular flexibility index (Phi) is 9.53. The summed E-state index contributed by atoms with van der Waals surface area (Å²) in [5, 5.41) is 9.77. The van der Waals surface area contributed by atoms with E-state index in [4.69, 9.17) is 15.0 Å². The normalized spacial score (nSPS) is 19.3. The van der Waals surface area contributed by atoms with Gasteiger partial charge in [0.25, 0.3) is 0 Å². The van der Waals surface area contributed by atoms with Crippen LogP contribution in [0.5, 0.6) is 0 Å². The van der Waals surface area contributed by atoms with Crippen LogP contribution in [0.15, 0.2) is 95.6 Å². The van der Waals surface area contributed by atoms with Gasteiger partial charge in [-0.2, -0.15) is 0 Å². The van der Waals surface area contributed by atoms with Gasteiger partial charge >= 0.3 is 0 Å². The zero-order chi connectivity index (χ0) is 31.5. The van der Waals surface area contributed by atoms with Crippen molar-refractivity contribution < 1.29 is 5.11 Å². The van der Waals surface area contributed by atoms with Gasteiger partial charge in [0, 0.05) is 17.0 Å². The number of H-pyrrole nitrogens is 1. The first-order valence-corrected chi connectivity index (χ1v) is 16.8. The standard InChI is InChI=1S/C39H48N4O/c1-9-23-25(11-3)34-21-36-27(13-5)29(15-7)38(42-36)31(18-17-19-44)39-30(16-8)28(14-6)37(43-39)22-35-26(12-4)24(10-2)33(41-35)20-32(23)40-34/h17-22,40,44H,9-16H2,1-8H3/b19-17+,31-18-,33-20?,36-21?,37-22?. The summed E-state index contributed by atoms with van der Waals surface area (Å²) in [5.74, 6) is 0. The Bertz CT molecular complexity index is 1720. The van der Waals surface area contributed by atoms with Gasteiger partial charge in [-0.15, -0.1) is 0 Å². The van der Waals surface area contributed by atoms with Crippen LogP contribution in [0.2, 0.25) is 0 Å². The van der Waals surface area contributed by atoms with Gasteiger partial charge in [-0.05, 0) is 126 Å². The largest absolute Gasteiger partial charge is 0.516 e. The van der Waals surface area contributed by atoms with E-state index in [1.807, 2.05) is 6.08 Å². The summed E-state index contributed by atoms with van der Waals surface area (Å²) in [6.07, 6.45) is 18.8. The highest BCUT2D eigenvalue weighted by molar-refractivity contribution is 6.37. The Morgan fingerprint density at radius 2 is 0.977 bits per heavy atom. The lowest BCUT2D eigenvalue weighted by Gasteiger charge is -2.13.